The van der Waals surface area contributed by atoms with Gasteiger partial charge in [0.1, 0.15) is 0 Å². The minimum atomic E-state index is 0.0526. The van der Waals surface area contributed by atoms with Crippen LogP contribution in [0.4, 0.5) is 5.69 Å². The molecule has 0 radical (unpaired) electrons. The molecule has 26 heavy (non-hydrogen) atoms. The highest BCUT2D eigenvalue weighted by molar-refractivity contribution is 14.1. The van der Waals surface area contributed by atoms with Gasteiger partial charge in [-0.15, -0.1) is 0 Å². The van der Waals surface area contributed by atoms with Gasteiger partial charge < -0.3 is 14.4 Å². The molecule has 0 saturated heterocycles. The molecule has 0 fully saturated rings. The van der Waals surface area contributed by atoms with Gasteiger partial charge in [0, 0.05) is 17.7 Å². The first-order chi connectivity index (χ1) is 12.6. The van der Waals surface area contributed by atoms with Gasteiger partial charge in [0.25, 0.3) is 5.91 Å². The monoisotopic (exact) mass is 463 g/mol. The minimum absolute atomic E-state index is 0.0526. The van der Waals surface area contributed by atoms with Crippen LogP contribution in [0.25, 0.3) is 11.6 Å². The lowest BCUT2D eigenvalue weighted by atomic mass is 10.0. The molecular formula is C21H22INO3. The summed E-state index contributed by atoms with van der Waals surface area (Å²) in [6.45, 7) is 5.30. The number of carbonyl (C=O) groups excluding carboxylic acids is 1. The molecule has 0 aliphatic carbocycles. The first-order valence-corrected chi connectivity index (χ1v) is 9.81. The van der Waals surface area contributed by atoms with Gasteiger partial charge in [-0.2, -0.15) is 0 Å². The van der Waals surface area contributed by atoms with Crippen molar-refractivity contribution in [3.63, 3.8) is 0 Å². The quantitative estimate of drug-likeness (QED) is 0.448. The fraction of sp³-hybridized carbons (Fsp3) is 0.286. The molecule has 5 heteroatoms. The van der Waals surface area contributed by atoms with Crippen LogP contribution in [0.15, 0.2) is 36.4 Å². The summed E-state index contributed by atoms with van der Waals surface area (Å²) in [6.07, 6.45) is 2.86. The Hall–Kier alpha value is -2.02. The van der Waals surface area contributed by atoms with Crippen LogP contribution < -0.4 is 14.4 Å². The van der Waals surface area contributed by atoms with E-state index in [1.807, 2.05) is 54.3 Å². The summed E-state index contributed by atoms with van der Waals surface area (Å²) in [5.41, 5.74) is 3.61. The number of ether oxygens (including phenoxy) is 2. The molecule has 1 aliphatic heterocycles. The van der Waals surface area contributed by atoms with E-state index < -0.39 is 0 Å². The number of nitrogens with zero attached hydrogens (tertiary/aromatic N) is 1. The van der Waals surface area contributed by atoms with Crippen LogP contribution in [-0.2, 0) is 4.79 Å². The molecule has 1 heterocycles. The van der Waals surface area contributed by atoms with E-state index in [0.717, 1.165) is 44.7 Å². The molecule has 0 bridgehead atoms. The van der Waals surface area contributed by atoms with E-state index in [9.17, 15) is 4.79 Å². The van der Waals surface area contributed by atoms with E-state index in [1.165, 1.54) is 0 Å². The smallest absolute Gasteiger partial charge is 0.258 e. The SMILES string of the molecule is CCCN1C(=O)/C(=C\c2cc(I)c(OC)c(OCC)c2)c2ccccc21. The summed E-state index contributed by atoms with van der Waals surface area (Å²) in [6, 6.07) is 11.9. The molecule has 1 amide bonds. The van der Waals surface area contributed by atoms with E-state index in [4.69, 9.17) is 9.47 Å². The first-order valence-electron chi connectivity index (χ1n) is 8.74. The van der Waals surface area contributed by atoms with E-state index in [-0.39, 0.29) is 5.91 Å². The number of carbonyl (C=O) groups is 1. The Balaban J connectivity index is 2.09. The fourth-order valence-electron chi connectivity index (χ4n) is 3.19. The number of anilines is 1. The number of benzene rings is 2. The zero-order valence-electron chi connectivity index (χ0n) is 15.2. The predicted molar refractivity (Wildman–Crippen MR) is 114 cm³/mol. The van der Waals surface area contributed by atoms with Gasteiger partial charge in [0.15, 0.2) is 11.5 Å². The zero-order chi connectivity index (χ0) is 18.7. The van der Waals surface area contributed by atoms with Crippen molar-refractivity contribution in [1.29, 1.82) is 0 Å². The third-order valence-corrected chi connectivity index (χ3v) is 5.06. The largest absolute Gasteiger partial charge is 0.492 e. The maximum atomic E-state index is 13.0. The molecule has 0 atom stereocenters. The van der Waals surface area contributed by atoms with Crippen LogP contribution in [0, 0.1) is 3.57 Å². The Kier molecular flexibility index (Phi) is 5.86. The fourth-order valence-corrected chi connectivity index (χ4v) is 4.04. The van der Waals surface area contributed by atoms with Crippen molar-refractivity contribution in [2.75, 3.05) is 25.2 Å². The summed E-state index contributed by atoms with van der Waals surface area (Å²) in [5.74, 6) is 1.47. The Labute approximate surface area is 167 Å². The second-order valence-electron chi connectivity index (χ2n) is 6.00. The number of fused-ring (bicyclic) bond motifs is 1. The summed E-state index contributed by atoms with van der Waals surface area (Å²) in [7, 11) is 1.64. The summed E-state index contributed by atoms with van der Waals surface area (Å²) in [5, 5.41) is 0. The lowest BCUT2D eigenvalue weighted by molar-refractivity contribution is -0.113. The standard InChI is InChI=1S/C21H22INO3/c1-4-10-23-18-9-7-6-8-15(18)16(21(23)24)11-14-12-17(22)20(25-3)19(13-14)26-5-2/h6-9,11-13H,4-5,10H2,1-3H3/b16-11-. The van der Waals surface area contributed by atoms with Crippen LogP contribution >= 0.6 is 22.6 Å². The maximum absolute atomic E-state index is 13.0. The third kappa shape index (κ3) is 3.45. The van der Waals surface area contributed by atoms with Crippen LogP contribution in [0.2, 0.25) is 0 Å². The van der Waals surface area contributed by atoms with E-state index in [0.29, 0.717) is 12.4 Å². The van der Waals surface area contributed by atoms with Crippen molar-refractivity contribution in [2.45, 2.75) is 20.3 Å². The minimum Gasteiger partial charge on any atom is -0.492 e. The number of methoxy groups -OCH3 is 1. The van der Waals surface area contributed by atoms with Crippen molar-refractivity contribution >= 4 is 45.8 Å². The molecule has 3 rings (SSSR count). The highest BCUT2D eigenvalue weighted by Gasteiger charge is 2.31. The summed E-state index contributed by atoms with van der Waals surface area (Å²) < 4.78 is 12.1. The summed E-state index contributed by atoms with van der Waals surface area (Å²) >= 11 is 2.23. The number of amides is 1. The molecule has 0 spiro atoms. The zero-order valence-corrected chi connectivity index (χ0v) is 17.4. The van der Waals surface area contributed by atoms with E-state index >= 15 is 0 Å². The summed E-state index contributed by atoms with van der Waals surface area (Å²) in [4.78, 5) is 14.8. The Morgan fingerprint density at radius 1 is 1.19 bits per heavy atom. The van der Waals surface area contributed by atoms with Crippen molar-refractivity contribution in [3.8, 4) is 11.5 Å². The maximum Gasteiger partial charge on any atom is 0.258 e. The number of para-hydroxylation sites is 1. The third-order valence-electron chi connectivity index (χ3n) is 4.25. The molecule has 2 aromatic carbocycles. The van der Waals surface area contributed by atoms with Crippen molar-refractivity contribution in [2.24, 2.45) is 0 Å². The average Bonchev–Trinajstić information content (AvgIpc) is 2.88. The lowest BCUT2D eigenvalue weighted by Crippen LogP contribution is -2.26. The van der Waals surface area contributed by atoms with Gasteiger partial charge >= 0.3 is 0 Å². The van der Waals surface area contributed by atoms with Gasteiger partial charge in [-0.25, -0.2) is 0 Å². The highest BCUT2D eigenvalue weighted by Crippen LogP contribution is 2.39. The van der Waals surface area contributed by atoms with Crippen LogP contribution in [0.1, 0.15) is 31.4 Å². The lowest BCUT2D eigenvalue weighted by Gasteiger charge is -2.15. The first kappa shape index (κ1) is 18.8. The molecule has 0 N–H and O–H groups in total. The Morgan fingerprint density at radius 3 is 2.65 bits per heavy atom. The van der Waals surface area contributed by atoms with Crippen LogP contribution in [0.3, 0.4) is 0 Å². The number of hydrogen-bond donors (Lipinski definition) is 0. The number of rotatable bonds is 6. The van der Waals surface area contributed by atoms with Crippen molar-refractivity contribution < 1.29 is 14.3 Å². The van der Waals surface area contributed by atoms with Crippen LogP contribution in [0.5, 0.6) is 11.5 Å². The normalized spacial score (nSPS) is 14.7. The molecule has 136 valence electrons. The predicted octanol–water partition coefficient (Wildman–Crippen LogP) is 5.00. The van der Waals surface area contributed by atoms with Gasteiger partial charge in [-0.05, 0) is 65.8 Å². The topological polar surface area (TPSA) is 38.8 Å². The molecule has 2 aromatic rings. The Morgan fingerprint density at radius 2 is 1.96 bits per heavy atom. The van der Waals surface area contributed by atoms with Crippen LogP contribution in [-0.4, -0.2) is 26.2 Å². The van der Waals surface area contributed by atoms with Gasteiger partial charge in [0.05, 0.1) is 23.0 Å². The van der Waals surface area contributed by atoms with Gasteiger partial charge in [-0.1, -0.05) is 25.1 Å². The molecule has 0 saturated carbocycles. The number of halogens is 1. The molecule has 1 aliphatic rings. The number of hydrogen-bond acceptors (Lipinski definition) is 3. The van der Waals surface area contributed by atoms with Gasteiger partial charge in [-0.3, -0.25) is 4.79 Å². The van der Waals surface area contributed by atoms with E-state index in [1.54, 1.807) is 7.11 Å². The van der Waals surface area contributed by atoms with Crippen molar-refractivity contribution in [3.05, 3.63) is 51.1 Å². The molecule has 0 aromatic heterocycles. The second-order valence-corrected chi connectivity index (χ2v) is 7.16. The highest BCUT2D eigenvalue weighted by atomic mass is 127. The Bertz CT molecular complexity index is 860. The average molecular weight is 463 g/mol. The molecule has 0 unspecified atom stereocenters. The molecular weight excluding hydrogens is 441 g/mol. The van der Waals surface area contributed by atoms with E-state index in [2.05, 4.69) is 29.5 Å². The molecule has 4 nitrogen and oxygen atoms in total. The van der Waals surface area contributed by atoms with Crippen molar-refractivity contribution in [1.82, 2.24) is 0 Å². The second kappa shape index (κ2) is 8.12. The van der Waals surface area contributed by atoms with Gasteiger partial charge in [0.2, 0.25) is 0 Å².